The third-order valence-corrected chi connectivity index (χ3v) is 4.80. The second kappa shape index (κ2) is 11.1. The van der Waals surface area contributed by atoms with E-state index in [9.17, 15) is 9.59 Å². The smallest absolute Gasteiger partial charge is 0.331 e. The number of amides is 1. The van der Waals surface area contributed by atoms with E-state index < -0.39 is 23.5 Å². The van der Waals surface area contributed by atoms with Crippen LogP contribution in [0.3, 0.4) is 0 Å². The van der Waals surface area contributed by atoms with Crippen molar-refractivity contribution in [1.82, 2.24) is 10.3 Å². The van der Waals surface area contributed by atoms with Crippen LogP contribution in [0, 0.1) is 5.41 Å². The van der Waals surface area contributed by atoms with Crippen molar-refractivity contribution in [3.63, 3.8) is 0 Å². The van der Waals surface area contributed by atoms with Crippen molar-refractivity contribution in [2.45, 2.75) is 52.2 Å². The second-order valence-electron chi connectivity index (χ2n) is 8.23. The van der Waals surface area contributed by atoms with Crippen LogP contribution in [0.5, 0.6) is 0 Å². The Labute approximate surface area is 192 Å². The molecule has 1 amide bonds. The Kier molecular flexibility index (Phi) is 8.80. The number of nitrogens with zero attached hydrogens (tertiary/aromatic N) is 2. The molecule has 4 N–H and O–H groups in total. The number of rotatable bonds is 9. The zero-order chi connectivity index (χ0) is 23.9. The van der Waals surface area contributed by atoms with E-state index in [1.165, 1.54) is 6.20 Å². The Hall–Kier alpha value is -2.91. The number of nitrogens with two attached hydrogens (primary N) is 1. The first-order valence-corrected chi connectivity index (χ1v) is 10.7. The molecule has 1 atom stereocenters. The molecule has 1 heterocycles. The van der Waals surface area contributed by atoms with Crippen LogP contribution in [-0.2, 0) is 14.3 Å². The SMILES string of the molecule is CCCCOC(=O)[C@H](COC(C)(C)C)NC(=O)c1ccc2c(N(Cl)C(=N)N)cncc2c1. The highest BCUT2D eigenvalue weighted by Gasteiger charge is 2.26. The first-order valence-electron chi connectivity index (χ1n) is 10.3. The molecule has 0 fully saturated rings. The second-order valence-corrected chi connectivity index (χ2v) is 8.57. The summed E-state index contributed by atoms with van der Waals surface area (Å²) in [5, 5.41) is 11.5. The van der Waals surface area contributed by atoms with E-state index in [0.717, 1.165) is 17.3 Å². The highest BCUT2D eigenvalue weighted by atomic mass is 35.5. The van der Waals surface area contributed by atoms with Crippen LogP contribution in [0.2, 0.25) is 0 Å². The van der Waals surface area contributed by atoms with E-state index in [2.05, 4.69) is 10.3 Å². The average Bonchev–Trinajstić information content (AvgIpc) is 2.74. The van der Waals surface area contributed by atoms with E-state index in [0.29, 0.717) is 22.0 Å². The number of ether oxygens (including phenoxy) is 2. The monoisotopic (exact) mass is 463 g/mol. The molecule has 2 aromatic rings. The number of anilines is 1. The Bertz CT molecular complexity index is 976. The number of benzene rings is 1. The number of hydrogen-bond donors (Lipinski definition) is 3. The van der Waals surface area contributed by atoms with Gasteiger partial charge in [-0.25, -0.2) is 9.21 Å². The molecule has 9 nitrogen and oxygen atoms in total. The zero-order valence-corrected chi connectivity index (χ0v) is 19.5. The third kappa shape index (κ3) is 7.06. The minimum absolute atomic E-state index is 0.0146. The molecule has 1 aromatic heterocycles. The summed E-state index contributed by atoms with van der Waals surface area (Å²) in [6.45, 7) is 7.86. The molecule has 0 saturated heterocycles. The van der Waals surface area contributed by atoms with Crippen molar-refractivity contribution >= 4 is 46.1 Å². The predicted molar refractivity (Wildman–Crippen MR) is 125 cm³/mol. The van der Waals surface area contributed by atoms with Gasteiger partial charge in [0.2, 0.25) is 5.96 Å². The Morgan fingerprint density at radius 2 is 2.03 bits per heavy atom. The fourth-order valence-corrected chi connectivity index (χ4v) is 2.88. The van der Waals surface area contributed by atoms with Crippen molar-refractivity contribution in [2.24, 2.45) is 5.73 Å². The topological polar surface area (TPSA) is 131 Å². The lowest BCUT2D eigenvalue weighted by Gasteiger charge is -2.24. The number of pyridine rings is 1. The quantitative estimate of drug-likeness (QED) is 0.171. The minimum atomic E-state index is -0.949. The van der Waals surface area contributed by atoms with Crippen LogP contribution in [0.25, 0.3) is 10.8 Å². The Morgan fingerprint density at radius 3 is 2.66 bits per heavy atom. The molecular formula is C22H30ClN5O4. The lowest BCUT2D eigenvalue weighted by molar-refractivity contribution is -0.149. The summed E-state index contributed by atoms with van der Waals surface area (Å²) in [5.41, 5.74) is 5.71. The van der Waals surface area contributed by atoms with Crippen molar-refractivity contribution in [2.75, 3.05) is 17.6 Å². The Morgan fingerprint density at radius 1 is 1.31 bits per heavy atom. The number of nitrogens with one attached hydrogen (secondary N) is 2. The highest BCUT2D eigenvalue weighted by molar-refractivity contribution is 6.38. The van der Waals surface area contributed by atoms with Gasteiger partial charge in [0, 0.05) is 34.3 Å². The van der Waals surface area contributed by atoms with Crippen LogP contribution in [0.15, 0.2) is 30.6 Å². The first-order chi connectivity index (χ1) is 15.0. The number of halogens is 1. The summed E-state index contributed by atoms with van der Waals surface area (Å²) >= 11 is 6.05. The van der Waals surface area contributed by atoms with Crippen molar-refractivity contribution < 1.29 is 19.1 Å². The fourth-order valence-electron chi connectivity index (χ4n) is 2.75. The van der Waals surface area contributed by atoms with E-state index in [1.54, 1.807) is 24.4 Å². The summed E-state index contributed by atoms with van der Waals surface area (Å²) in [7, 11) is 0. The number of guanidine groups is 1. The van der Waals surface area contributed by atoms with Crippen LogP contribution < -0.4 is 15.5 Å². The molecule has 0 bridgehead atoms. The summed E-state index contributed by atoms with van der Waals surface area (Å²) in [4.78, 5) is 29.5. The van der Waals surface area contributed by atoms with Crippen LogP contribution in [0.1, 0.15) is 50.9 Å². The van der Waals surface area contributed by atoms with E-state index in [4.69, 9.17) is 32.4 Å². The van der Waals surface area contributed by atoms with Gasteiger partial charge in [-0.05, 0) is 39.3 Å². The van der Waals surface area contributed by atoms with Gasteiger partial charge in [0.05, 0.1) is 30.7 Å². The molecule has 10 heteroatoms. The maximum Gasteiger partial charge on any atom is 0.331 e. The lowest BCUT2D eigenvalue weighted by Crippen LogP contribution is -2.46. The lowest BCUT2D eigenvalue weighted by atomic mass is 10.1. The third-order valence-electron chi connectivity index (χ3n) is 4.44. The molecule has 0 aliphatic carbocycles. The summed E-state index contributed by atoms with van der Waals surface area (Å²) < 4.78 is 12.0. The predicted octanol–water partition coefficient (Wildman–Crippen LogP) is 3.35. The van der Waals surface area contributed by atoms with Crippen molar-refractivity contribution in [3.05, 3.63) is 36.2 Å². The molecule has 0 radical (unpaired) electrons. The molecule has 174 valence electrons. The average molecular weight is 464 g/mol. The molecule has 0 aliphatic rings. The molecule has 0 aliphatic heterocycles. The fraction of sp³-hybridized carbons (Fsp3) is 0.455. The maximum atomic E-state index is 12.9. The van der Waals surface area contributed by atoms with Crippen molar-refractivity contribution in [1.29, 1.82) is 5.41 Å². The number of carbonyl (C=O) groups excluding carboxylic acids is 2. The van der Waals surface area contributed by atoms with E-state index in [-0.39, 0.29) is 19.2 Å². The number of fused-ring (bicyclic) bond motifs is 1. The van der Waals surface area contributed by atoms with Gasteiger partial charge < -0.3 is 20.5 Å². The number of unbranched alkanes of at least 4 members (excludes halogenated alkanes) is 1. The zero-order valence-electron chi connectivity index (χ0n) is 18.8. The van der Waals surface area contributed by atoms with Gasteiger partial charge in [-0.1, -0.05) is 19.4 Å². The molecule has 32 heavy (non-hydrogen) atoms. The van der Waals surface area contributed by atoms with Crippen LogP contribution in [-0.4, -0.2) is 47.7 Å². The van der Waals surface area contributed by atoms with E-state index >= 15 is 0 Å². The molecule has 1 aromatic carbocycles. The maximum absolute atomic E-state index is 12.9. The highest BCUT2D eigenvalue weighted by Crippen LogP contribution is 2.27. The number of aromatic nitrogens is 1. The largest absolute Gasteiger partial charge is 0.464 e. The summed E-state index contributed by atoms with van der Waals surface area (Å²) in [5.74, 6) is -1.35. The summed E-state index contributed by atoms with van der Waals surface area (Å²) in [6, 6.07) is 3.95. The molecule has 2 rings (SSSR count). The van der Waals surface area contributed by atoms with Gasteiger partial charge in [-0.15, -0.1) is 0 Å². The van der Waals surface area contributed by atoms with Gasteiger partial charge in [-0.3, -0.25) is 15.2 Å². The minimum Gasteiger partial charge on any atom is -0.464 e. The van der Waals surface area contributed by atoms with Crippen LogP contribution in [0.4, 0.5) is 5.69 Å². The van der Waals surface area contributed by atoms with Crippen molar-refractivity contribution in [3.8, 4) is 0 Å². The molecule has 0 unspecified atom stereocenters. The van der Waals surface area contributed by atoms with Crippen LogP contribution >= 0.6 is 11.8 Å². The van der Waals surface area contributed by atoms with E-state index in [1.807, 2.05) is 27.7 Å². The van der Waals surface area contributed by atoms with Gasteiger partial charge >= 0.3 is 5.97 Å². The standard InChI is InChI=1S/C22H30ClN5O4/c1-5-6-9-31-20(30)17(13-32-22(2,3)4)27-19(29)14-7-8-16-15(10-14)11-26-12-18(16)28(23)21(24)25/h7-8,10-12,17H,5-6,9,13H2,1-4H3,(H3,24,25)(H,27,29)/t17-/m0/s1. The Balaban J connectivity index is 2.23. The summed E-state index contributed by atoms with van der Waals surface area (Å²) in [6.07, 6.45) is 4.67. The molecule has 0 saturated carbocycles. The van der Waals surface area contributed by atoms with Gasteiger partial charge in [0.1, 0.15) is 0 Å². The number of carbonyl (C=O) groups is 2. The molecular weight excluding hydrogens is 434 g/mol. The van der Waals surface area contributed by atoms with Gasteiger partial charge in [-0.2, -0.15) is 0 Å². The van der Waals surface area contributed by atoms with Gasteiger partial charge in [0.15, 0.2) is 6.04 Å². The normalized spacial score (nSPS) is 12.3. The molecule has 0 spiro atoms. The first kappa shape index (κ1) is 25.4. The number of hydrogen-bond acceptors (Lipinski definition) is 6. The van der Waals surface area contributed by atoms with Gasteiger partial charge in [0.25, 0.3) is 5.91 Å². The number of esters is 1.